The number of ether oxygens (including phenoxy) is 1. The molecule has 0 unspecified atom stereocenters. The van der Waals surface area contributed by atoms with Crippen LogP contribution in [0.2, 0.25) is 10.0 Å². The van der Waals surface area contributed by atoms with Gasteiger partial charge in [-0.1, -0.05) is 30.1 Å². The Morgan fingerprint density at radius 1 is 1.15 bits per heavy atom. The van der Waals surface area contributed by atoms with Crippen LogP contribution in [0, 0.1) is 0 Å². The van der Waals surface area contributed by atoms with Gasteiger partial charge in [-0.2, -0.15) is 0 Å². The number of nitrogens with one attached hydrogen (secondary N) is 2. The molecule has 0 aromatic heterocycles. The summed E-state index contributed by atoms with van der Waals surface area (Å²) in [6.07, 6.45) is 2.69. The van der Waals surface area contributed by atoms with Crippen LogP contribution in [-0.4, -0.2) is 42.3 Å². The zero-order valence-electron chi connectivity index (χ0n) is 18.5. The fourth-order valence-electron chi connectivity index (χ4n) is 3.54. The van der Waals surface area contributed by atoms with Gasteiger partial charge < -0.3 is 20.3 Å². The number of rotatable bonds is 10. The van der Waals surface area contributed by atoms with E-state index in [2.05, 4.69) is 10.6 Å². The number of hydrogen-bond donors (Lipinski definition) is 2. The second kappa shape index (κ2) is 11.9. The van der Waals surface area contributed by atoms with Gasteiger partial charge in [-0.05, 0) is 61.2 Å². The van der Waals surface area contributed by atoms with E-state index in [1.807, 2.05) is 25.1 Å². The van der Waals surface area contributed by atoms with Gasteiger partial charge in [0.25, 0.3) is 0 Å². The zero-order valence-corrected chi connectivity index (χ0v) is 20.0. The number of nitrogens with zero attached hydrogens (tertiary/aromatic N) is 1. The summed E-state index contributed by atoms with van der Waals surface area (Å²) >= 11 is 12.0. The number of benzene rings is 2. The lowest BCUT2D eigenvalue weighted by Gasteiger charge is -2.22. The Morgan fingerprint density at radius 3 is 2.73 bits per heavy atom. The molecule has 0 bridgehead atoms. The maximum Gasteiger partial charge on any atom is 0.244 e. The summed E-state index contributed by atoms with van der Waals surface area (Å²) in [6.45, 7) is 2.76. The third-order valence-electron chi connectivity index (χ3n) is 5.16. The second-order valence-corrected chi connectivity index (χ2v) is 8.65. The van der Waals surface area contributed by atoms with Crippen molar-refractivity contribution in [1.82, 2.24) is 4.90 Å². The molecule has 1 aliphatic rings. The highest BCUT2D eigenvalue weighted by Gasteiger charge is 2.18. The molecule has 0 spiro atoms. The van der Waals surface area contributed by atoms with Crippen molar-refractivity contribution in [2.75, 3.05) is 30.3 Å². The maximum atomic E-state index is 12.7. The third kappa shape index (κ3) is 7.37. The lowest BCUT2D eigenvalue weighted by Crippen LogP contribution is -2.38. The molecule has 0 aliphatic carbocycles. The second-order valence-electron chi connectivity index (χ2n) is 7.81. The number of carbonyl (C=O) groups excluding carboxylic acids is 3. The number of halogens is 2. The molecule has 7 nitrogen and oxygen atoms in total. The summed E-state index contributed by atoms with van der Waals surface area (Å²) in [5.41, 5.74) is 2.32. The summed E-state index contributed by atoms with van der Waals surface area (Å²) in [5, 5.41) is 6.38. The van der Waals surface area contributed by atoms with Gasteiger partial charge in [-0.3, -0.25) is 14.4 Å². The van der Waals surface area contributed by atoms with Gasteiger partial charge in [0.05, 0.1) is 23.9 Å². The highest BCUT2D eigenvalue weighted by atomic mass is 35.5. The highest BCUT2D eigenvalue weighted by Crippen LogP contribution is 2.27. The van der Waals surface area contributed by atoms with Crippen molar-refractivity contribution in [2.45, 2.75) is 39.0 Å². The molecule has 176 valence electrons. The summed E-state index contributed by atoms with van der Waals surface area (Å²) in [7, 11) is 0. The zero-order chi connectivity index (χ0) is 23.8. The van der Waals surface area contributed by atoms with Crippen molar-refractivity contribution >= 4 is 52.3 Å². The number of hydrogen-bond acceptors (Lipinski definition) is 4. The van der Waals surface area contributed by atoms with E-state index in [0.29, 0.717) is 53.9 Å². The molecule has 3 amide bonds. The topological polar surface area (TPSA) is 87.7 Å². The van der Waals surface area contributed by atoms with Crippen molar-refractivity contribution in [3.05, 3.63) is 52.0 Å². The largest absolute Gasteiger partial charge is 0.494 e. The summed E-state index contributed by atoms with van der Waals surface area (Å²) in [6, 6.07) is 10.4. The smallest absolute Gasteiger partial charge is 0.244 e. The average Bonchev–Trinajstić information content (AvgIpc) is 2.78. The normalized spacial score (nSPS) is 12.5. The molecule has 0 atom stereocenters. The van der Waals surface area contributed by atoms with E-state index < -0.39 is 0 Å². The summed E-state index contributed by atoms with van der Waals surface area (Å²) in [5.74, 6) is 0.308. The van der Waals surface area contributed by atoms with Crippen molar-refractivity contribution in [1.29, 1.82) is 0 Å². The van der Waals surface area contributed by atoms with Gasteiger partial charge in [0.2, 0.25) is 17.7 Å². The molecule has 3 rings (SSSR count). The van der Waals surface area contributed by atoms with Gasteiger partial charge in [0.1, 0.15) is 5.75 Å². The Bertz CT molecular complexity index is 1030. The van der Waals surface area contributed by atoms with Crippen LogP contribution in [-0.2, 0) is 20.8 Å². The van der Waals surface area contributed by atoms with Crippen molar-refractivity contribution in [3.8, 4) is 5.75 Å². The molecule has 0 fully saturated rings. The first-order valence-electron chi connectivity index (χ1n) is 10.9. The van der Waals surface area contributed by atoms with E-state index in [0.717, 1.165) is 17.7 Å². The summed E-state index contributed by atoms with van der Waals surface area (Å²) < 4.78 is 5.78. The third-order valence-corrected chi connectivity index (χ3v) is 5.71. The van der Waals surface area contributed by atoms with Gasteiger partial charge in [-0.25, -0.2) is 0 Å². The predicted molar refractivity (Wildman–Crippen MR) is 130 cm³/mol. The molecule has 0 radical (unpaired) electrons. The van der Waals surface area contributed by atoms with Crippen molar-refractivity contribution in [2.24, 2.45) is 0 Å². The predicted octanol–water partition coefficient (Wildman–Crippen LogP) is 4.91. The molecule has 0 saturated heterocycles. The van der Waals surface area contributed by atoms with Crippen molar-refractivity contribution in [3.63, 3.8) is 0 Å². The fourth-order valence-corrected chi connectivity index (χ4v) is 3.99. The van der Waals surface area contributed by atoms with E-state index in [-0.39, 0.29) is 30.7 Å². The monoisotopic (exact) mass is 491 g/mol. The Morgan fingerprint density at radius 2 is 1.97 bits per heavy atom. The first-order chi connectivity index (χ1) is 15.9. The first kappa shape index (κ1) is 24.9. The van der Waals surface area contributed by atoms with Crippen LogP contribution in [0.15, 0.2) is 36.4 Å². The molecule has 9 heteroatoms. The molecule has 0 saturated carbocycles. The average molecular weight is 492 g/mol. The van der Waals surface area contributed by atoms with E-state index in [4.69, 9.17) is 27.9 Å². The molecule has 2 aromatic rings. The number of anilines is 2. The highest BCUT2D eigenvalue weighted by molar-refractivity contribution is 6.36. The lowest BCUT2D eigenvalue weighted by atomic mass is 10.0. The van der Waals surface area contributed by atoms with Gasteiger partial charge >= 0.3 is 0 Å². The minimum absolute atomic E-state index is 0.0243. The summed E-state index contributed by atoms with van der Waals surface area (Å²) in [4.78, 5) is 38.1. The molecule has 1 heterocycles. The standard InChI is InChI=1S/C24H27Cl2N3O4/c1-2-11-29(15-23(31)28-21-8-6-17(25)14-19(21)26)24(32)4-3-12-33-18-7-9-20-16(13-18)5-10-22(30)27-20/h6-9,13-14H,2-5,10-12,15H2,1H3,(H,27,30)(H,28,31). The van der Waals surface area contributed by atoms with Crippen LogP contribution in [0.4, 0.5) is 11.4 Å². The van der Waals surface area contributed by atoms with Crippen molar-refractivity contribution < 1.29 is 19.1 Å². The molecule has 1 aliphatic heterocycles. The quantitative estimate of drug-likeness (QED) is 0.462. The minimum Gasteiger partial charge on any atom is -0.494 e. The lowest BCUT2D eigenvalue weighted by molar-refractivity contribution is -0.134. The molecule has 2 aromatic carbocycles. The minimum atomic E-state index is -0.321. The van der Waals surface area contributed by atoms with E-state index >= 15 is 0 Å². The van der Waals surface area contributed by atoms with Crippen LogP contribution >= 0.6 is 23.2 Å². The maximum absolute atomic E-state index is 12.7. The molecule has 2 N–H and O–H groups in total. The fraction of sp³-hybridized carbons (Fsp3) is 0.375. The SMILES string of the molecule is CCCN(CC(=O)Nc1ccc(Cl)cc1Cl)C(=O)CCCOc1ccc2c(c1)CCC(=O)N2. The number of aryl methyl sites for hydroxylation is 1. The molecular weight excluding hydrogens is 465 g/mol. The Hall–Kier alpha value is -2.77. The van der Waals surface area contributed by atoms with Crippen LogP contribution < -0.4 is 15.4 Å². The van der Waals surface area contributed by atoms with Crippen LogP contribution in [0.5, 0.6) is 5.75 Å². The Balaban J connectivity index is 1.46. The van der Waals surface area contributed by atoms with E-state index in [1.54, 1.807) is 23.1 Å². The number of fused-ring (bicyclic) bond motifs is 1. The molecular formula is C24H27Cl2N3O4. The van der Waals surface area contributed by atoms with Gasteiger partial charge in [0.15, 0.2) is 0 Å². The number of carbonyl (C=O) groups is 3. The van der Waals surface area contributed by atoms with E-state index in [9.17, 15) is 14.4 Å². The van der Waals surface area contributed by atoms with Crippen LogP contribution in [0.25, 0.3) is 0 Å². The van der Waals surface area contributed by atoms with Gasteiger partial charge in [0, 0.05) is 30.1 Å². The Labute approximate surface area is 203 Å². The Kier molecular flexibility index (Phi) is 8.97. The van der Waals surface area contributed by atoms with E-state index in [1.165, 1.54) is 0 Å². The van der Waals surface area contributed by atoms with Crippen LogP contribution in [0.3, 0.4) is 0 Å². The van der Waals surface area contributed by atoms with Crippen LogP contribution in [0.1, 0.15) is 38.2 Å². The number of amides is 3. The van der Waals surface area contributed by atoms with Gasteiger partial charge in [-0.15, -0.1) is 0 Å². The molecule has 33 heavy (non-hydrogen) atoms. The first-order valence-corrected chi connectivity index (χ1v) is 11.7.